The second kappa shape index (κ2) is 10.5. The van der Waals surface area contributed by atoms with Crippen molar-refractivity contribution in [3.05, 3.63) is 35.5 Å². The van der Waals surface area contributed by atoms with Crippen LogP contribution < -0.4 is 0 Å². The van der Waals surface area contributed by atoms with E-state index < -0.39 is 24.6 Å². The van der Waals surface area contributed by atoms with Crippen LogP contribution in [0.25, 0.3) is 0 Å². The Morgan fingerprint density at radius 2 is 1.85 bits per heavy atom. The van der Waals surface area contributed by atoms with E-state index in [1.165, 1.54) is 31.3 Å². The summed E-state index contributed by atoms with van der Waals surface area (Å²) in [6.45, 7) is 13.5. The van der Waals surface area contributed by atoms with Gasteiger partial charge in [-0.05, 0) is 98.8 Å². The average Bonchev–Trinajstić information content (AvgIpc) is 3.17. The van der Waals surface area contributed by atoms with Crippen LogP contribution in [0.1, 0.15) is 72.1 Å². The molecule has 4 fully saturated rings. The van der Waals surface area contributed by atoms with Crippen LogP contribution in [0.2, 0.25) is 0 Å². The molecule has 0 aromatic carbocycles. The summed E-state index contributed by atoms with van der Waals surface area (Å²) in [6.07, 6.45) is 8.89. The Kier molecular flexibility index (Phi) is 8.06. The highest BCUT2D eigenvalue weighted by Gasteiger charge is 2.50. The predicted octanol–water partition coefficient (Wildman–Crippen LogP) is 5.99. The minimum atomic E-state index is -2.17. The van der Waals surface area contributed by atoms with E-state index >= 15 is 0 Å². The second-order valence-electron chi connectivity index (χ2n) is 12.1. The number of rotatable bonds is 5. The van der Waals surface area contributed by atoms with Gasteiger partial charge in [0.2, 0.25) is 6.43 Å². The van der Waals surface area contributed by atoms with Gasteiger partial charge in [-0.3, -0.25) is 0 Å². The maximum absolute atomic E-state index is 13.0. The number of aliphatic hydroxyl groups excluding tert-OH is 2. The fourth-order valence-electron chi connectivity index (χ4n) is 7.78. The van der Waals surface area contributed by atoms with Crippen LogP contribution in [0.3, 0.4) is 0 Å². The quantitative estimate of drug-likeness (QED) is 0.511. The zero-order valence-electron chi connectivity index (χ0n) is 21.4. The summed E-state index contributed by atoms with van der Waals surface area (Å²) in [5.74, 6) is 1.23. The summed E-state index contributed by atoms with van der Waals surface area (Å²) in [7, 11) is 0. The number of aliphatic hydroxyl groups is 2. The second-order valence-corrected chi connectivity index (χ2v) is 12.1. The smallest absolute Gasteiger partial charge is 0.241 e. The first-order valence-corrected chi connectivity index (χ1v) is 13.6. The maximum Gasteiger partial charge on any atom is 0.241 e. The van der Waals surface area contributed by atoms with Crippen LogP contribution in [0.15, 0.2) is 35.5 Å². The number of fused-ring (bicyclic) bond motifs is 1. The molecular weight excluding hydrogens is 432 g/mol. The normalized spacial score (nSPS) is 41.4. The third kappa shape index (κ3) is 5.08. The zero-order valence-corrected chi connectivity index (χ0v) is 21.4. The molecule has 0 radical (unpaired) electrons. The number of halogens is 2. The maximum atomic E-state index is 13.0. The summed E-state index contributed by atoms with van der Waals surface area (Å²) in [5, 5.41) is 20.8. The molecule has 34 heavy (non-hydrogen) atoms. The Labute approximate surface area is 205 Å². The molecule has 3 nitrogen and oxygen atoms in total. The average molecular weight is 478 g/mol. The van der Waals surface area contributed by atoms with Crippen molar-refractivity contribution in [1.29, 1.82) is 0 Å². The third-order valence-electron chi connectivity index (χ3n) is 10.1. The molecule has 3 unspecified atom stereocenters. The number of hydrogen-bond acceptors (Lipinski definition) is 3. The Morgan fingerprint density at radius 3 is 2.53 bits per heavy atom. The van der Waals surface area contributed by atoms with E-state index in [4.69, 9.17) is 0 Å². The third-order valence-corrected chi connectivity index (χ3v) is 10.1. The molecule has 0 bridgehead atoms. The number of hydrogen-bond donors (Lipinski definition) is 2. The first-order valence-electron chi connectivity index (χ1n) is 13.6. The van der Waals surface area contributed by atoms with Gasteiger partial charge in [0.15, 0.2) is 0 Å². The summed E-state index contributed by atoms with van der Waals surface area (Å²) in [5.41, 5.74) is 3.54. The largest absolute Gasteiger partial charge is 0.392 e. The van der Waals surface area contributed by atoms with E-state index in [2.05, 4.69) is 37.5 Å². The van der Waals surface area contributed by atoms with Crippen molar-refractivity contribution in [2.45, 2.75) is 90.8 Å². The van der Waals surface area contributed by atoms with E-state index in [0.29, 0.717) is 42.4 Å². The van der Waals surface area contributed by atoms with Crippen molar-refractivity contribution in [3.8, 4) is 0 Å². The van der Waals surface area contributed by atoms with Crippen LogP contribution in [-0.2, 0) is 0 Å². The van der Waals surface area contributed by atoms with E-state index in [1.807, 2.05) is 6.92 Å². The molecule has 0 aromatic rings. The van der Waals surface area contributed by atoms with E-state index in [-0.39, 0.29) is 5.92 Å². The van der Waals surface area contributed by atoms with Crippen molar-refractivity contribution >= 4 is 0 Å². The topological polar surface area (TPSA) is 43.7 Å². The molecule has 5 heteroatoms. The van der Waals surface area contributed by atoms with Gasteiger partial charge in [0.05, 0.1) is 12.2 Å². The van der Waals surface area contributed by atoms with Gasteiger partial charge in [-0.25, -0.2) is 8.78 Å². The van der Waals surface area contributed by atoms with Crippen molar-refractivity contribution in [2.75, 3.05) is 19.6 Å². The van der Waals surface area contributed by atoms with Gasteiger partial charge in [-0.15, -0.1) is 0 Å². The Bertz CT molecular complexity index is 800. The van der Waals surface area contributed by atoms with Crippen LogP contribution in [0.5, 0.6) is 0 Å². The number of nitrogens with zero attached hydrogens (tertiary/aromatic N) is 1. The molecule has 4 aliphatic rings. The molecule has 1 saturated heterocycles. The molecular formula is C29H45F2NO2. The van der Waals surface area contributed by atoms with Gasteiger partial charge in [0.1, 0.15) is 0 Å². The summed E-state index contributed by atoms with van der Waals surface area (Å²) in [4.78, 5) is 2.43. The van der Waals surface area contributed by atoms with Crippen molar-refractivity contribution < 1.29 is 19.0 Å². The molecule has 0 spiro atoms. The van der Waals surface area contributed by atoms with Crippen molar-refractivity contribution in [2.24, 2.45) is 35.0 Å². The first-order chi connectivity index (χ1) is 16.1. The molecule has 1 aliphatic heterocycles. The molecule has 1 heterocycles. The van der Waals surface area contributed by atoms with Crippen molar-refractivity contribution in [3.63, 3.8) is 0 Å². The lowest BCUT2D eigenvalue weighted by molar-refractivity contribution is 0.0227. The zero-order chi connectivity index (χ0) is 24.6. The van der Waals surface area contributed by atoms with Crippen LogP contribution >= 0.6 is 0 Å². The van der Waals surface area contributed by atoms with Gasteiger partial charge in [-0.2, -0.15) is 0 Å². The van der Waals surface area contributed by atoms with Gasteiger partial charge in [0.25, 0.3) is 0 Å². The van der Waals surface area contributed by atoms with E-state index in [1.54, 1.807) is 0 Å². The lowest BCUT2D eigenvalue weighted by atomic mass is 9.61. The molecule has 3 saturated carbocycles. The van der Waals surface area contributed by atoms with Gasteiger partial charge in [-0.1, -0.05) is 45.1 Å². The minimum absolute atomic E-state index is 0.173. The van der Waals surface area contributed by atoms with Crippen LogP contribution in [-0.4, -0.2) is 53.4 Å². The van der Waals surface area contributed by atoms with Gasteiger partial charge >= 0.3 is 0 Å². The highest BCUT2D eigenvalue weighted by molar-refractivity contribution is 5.39. The summed E-state index contributed by atoms with van der Waals surface area (Å²) in [6, 6.07) is 0. The molecule has 0 amide bonds. The van der Waals surface area contributed by atoms with Crippen LogP contribution in [0, 0.1) is 35.0 Å². The molecule has 0 aromatic heterocycles. The number of likely N-dealkylation sites (tertiary alicyclic amines) is 1. The molecule has 4 rings (SSSR count). The van der Waals surface area contributed by atoms with E-state index in [9.17, 15) is 19.0 Å². The molecule has 2 N–H and O–H groups in total. The highest BCUT2D eigenvalue weighted by Crippen LogP contribution is 2.59. The standard InChI is InChI=1S/C29H45F2NO2/c1-18(17-32-14-11-22(12-15-32)28(30)31)24-9-10-25-21(6-5-13-29(24,25)4)7-8-23-16-26(33)20(3)27(34)19(23)2/h7-8,18,20,22,24-28,33-34H,2,5-6,9-17H2,1,3-4H3/b21-7+,23-8-/t18-,20?,24+,25-,26?,27?,29+/m0/s1. The number of allylic oxidation sites excluding steroid dienone is 3. The van der Waals surface area contributed by atoms with Crippen LogP contribution in [0.4, 0.5) is 8.78 Å². The molecule has 3 aliphatic carbocycles. The Hall–Kier alpha value is -1.04. The lowest BCUT2D eigenvalue weighted by Gasteiger charge is -2.45. The van der Waals surface area contributed by atoms with Crippen molar-refractivity contribution in [1.82, 2.24) is 4.90 Å². The fourth-order valence-corrected chi connectivity index (χ4v) is 7.78. The lowest BCUT2D eigenvalue weighted by Crippen LogP contribution is -2.42. The fraction of sp³-hybridized carbons (Fsp3) is 0.793. The first kappa shape index (κ1) is 26.0. The predicted molar refractivity (Wildman–Crippen MR) is 134 cm³/mol. The van der Waals surface area contributed by atoms with E-state index in [0.717, 1.165) is 37.2 Å². The summed E-state index contributed by atoms with van der Waals surface area (Å²) < 4.78 is 26.1. The van der Waals surface area contributed by atoms with Gasteiger partial charge in [0, 0.05) is 18.4 Å². The Morgan fingerprint density at radius 1 is 1.15 bits per heavy atom. The SMILES string of the molecule is C=C1/C(=C\C=C2/CCC[C@]3(C)[C@@H]([C@@H](C)CN4CCC(C(F)F)CC4)CC[C@@H]23)CC(O)C(C)C1O. The molecule has 7 atom stereocenters. The Balaban J connectivity index is 1.42. The van der Waals surface area contributed by atoms with Gasteiger partial charge < -0.3 is 15.1 Å². The minimum Gasteiger partial charge on any atom is -0.392 e. The summed E-state index contributed by atoms with van der Waals surface area (Å²) >= 11 is 0. The molecule has 192 valence electrons. The number of alkyl halides is 2. The monoisotopic (exact) mass is 477 g/mol. The number of piperidine rings is 1. The highest BCUT2D eigenvalue weighted by atomic mass is 19.3.